The van der Waals surface area contributed by atoms with Crippen molar-refractivity contribution >= 4 is 11.8 Å². The molecule has 2 aromatic rings. The molecule has 2 aromatic carbocycles. The minimum Gasteiger partial charge on any atom is -0.366 e. The van der Waals surface area contributed by atoms with Gasteiger partial charge in [-0.05, 0) is 48.6 Å². The molecule has 0 atom stereocenters. The van der Waals surface area contributed by atoms with Crippen LogP contribution in [0.4, 0.5) is 13.2 Å². The van der Waals surface area contributed by atoms with Crippen molar-refractivity contribution in [1.82, 2.24) is 5.32 Å². The highest BCUT2D eigenvalue weighted by atomic mass is 19.4. The molecule has 0 radical (unpaired) electrons. The number of alkyl halides is 3. The van der Waals surface area contributed by atoms with E-state index in [2.05, 4.69) is 5.32 Å². The van der Waals surface area contributed by atoms with Crippen LogP contribution in [0.5, 0.6) is 0 Å². The minimum absolute atomic E-state index is 0.250. The highest BCUT2D eigenvalue weighted by Crippen LogP contribution is 2.43. The molecule has 1 aliphatic carbocycles. The molecule has 29 heavy (non-hydrogen) atoms. The minimum atomic E-state index is -4.45. The van der Waals surface area contributed by atoms with E-state index in [0.29, 0.717) is 36.9 Å². The molecule has 0 aromatic heterocycles. The third-order valence-corrected chi connectivity index (χ3v) is 5.54. The maximum Gasteiger partial charge on any atom is 0.416 e. The fourth-order valence-electron chi connectivity index (χ4n) is 3.99. The van der Waals surface area contributed by atoms with E-state index in [0.717, 1.165) is 30.5 Å². The first-order valence-corrected chi connectivity index (χ1v) is 9.57. The van der Waals surface area contributed by atoms with Crippen LogP contribution in [-0.2, 0) is 22.8 Å². The summed E-state index contributed by atoms with van der Waals surface area (Å²) in [6.45, 7) is 0.321. The Morgan fingerprint density at radius 3 is 2.38 bits per heavy atom. The summed E-state index contributed by atoms with van der Waals surface area (Å²) in [5, 5.41) is 2.88. The van der Waals surface area contributed by atoms with Crippen LogP contribution in [0.3, 0.4) is 0 Å². The van der Waals surface area contributed by atoms with E-state index in [1.54, 1.807) is 24.3 Å². The summed E-state index contributed by atoms with van der Waals surface area (Å²) in [7, 11) is 0. The zero-order chi connectivity index (χ0) is 21.1. The van der Waals surface area contributed by atoms with Gasteiger partial charge in [-0.3, -0.25) is 9.59 Å². The number of halogens is 3. The van der Waals surface area contributed by atoms with E-state index in [1.165, 1.54) is 6.07 Å². The van der Waals surface area contributed by atoms with Crippen LogP contribution in [0.1, 0.15) is 52.7 Å². The number of carbonyl (C=O) groups excluding carboxylic acids is 2. The third-order valence-electron chi connectivity index (χ3n) is 5.54. The number of nitrogens with two attached hydrogens (primary N) is 1. The Balaban J connectivity index is 1.73. The average Bonchev–Trinajstić information content (AvgIpc) is 3.19. The number of amides is 2. The fraction of sp³-hybridized carbons (Fsp3) is 0.364. The van der Waals surface area contributed by atoms with Crippen molar-refractivity contribution in [3.63, 3.8) is 0 Å². The highest BCUT2D eigenvalue weighted by molar-refractivity contribution is 5.93. The maximum absolute atomic E-state index is 13.1. The molecule has 1 saturated carbocycles. The zero-order valence-electron chi connectivity index (χ0n) is 15.9. The molecule has 1 fully saturated rings. The fourth-order valence-corrected chi connectivity index (χ4v) is 3.99. The van der Waals surface area contributed by atoms with Crippen molar-refractivity contribution < 1.29 is 22.8 Å². The molecule has 2 amide bonds. The van der Waals surface area contributed by atoms with Crippen LogP contribution in [0.15, 0.2) is 48.5 Å². The highest BCUT2D eigenvalue weighted by Gasteiger charge is 2.43. The van der Waals surface area contributed by atoms with Crippen molar-refractivity contribution in [2.24, 2.45) is 5.73 Å². The largest absolute Gasteiger partial charge is 0.416 e. The number of benzene rings is 2. The Morgan fingerprint density at radius 1 is 1.03 bits per heavy atom. The van der Waals surface area contributed by atoms with Crippen LogP contribution < -0.4 is 11.1 Å². The molecule has 0 aliphatic heterocycles. The van der Waals surface area contributed by atoms with Gasteiger partial charge in [0, 0.05) is 12.1 Å². The summed E-state index contributed by atoms with van der Waals surface area (Å²) in [6, 6.07) is 11.9. The van der Waals surface area contributed by atoms with Crippen molar-refractivity contribution in [1.29, 1.82) is 0 Å². The van der Waals surface area contributed by atoms with Gasteiger partial charge in [-0.25, -0.2) is 0 Å². The van der Waals surface area contributed by atoms with E-state index >= 15 is 0 Å². The van der Waals surface area contributed by atoms with Crippen LogP contribution in [-0.4, -0.2) is 18.4 Å². The summed E-state index contributed by atoms with van der Waals surface area (Å²) in [6.07, 6.45) is -1.31. The molecule has 3 N–H and O–H groups in total. The van der Waals surface area contributed by atoms with E-state index in [9.17, 15) is 22.8 Å². The lowest BCUT2D eigenvalue weighted by Gasteiger charge is -2.29. The van der Waals surface area contributed by atoms with Crippen molar-refractivity contribution in [3.8, 4) is 0 Å². The summed E-state index contributed by atoms with van der Waals surface area (Å²) in [4.78, 5) is 24.3. The normalized spacial score (nSPS) is 15.8. The lowest BCUT2D eigenvalue weighted by atomic mass is 9.77. The van der Waals surface area contributed by atoms with Gasteiger partial charge >= 0.3 is 6.18 Å². The van der Waals surface area contributed by atoms with E-state index < -0.39 is 23.1 Å². The summed E-state index contributed by atoms with van der Waals surface area (Å²) < 4.78 is 39.4. The molecule has 1 aliphatic rings. The number of hydrogen-bond acceptors (Lipinski definition) is 2. The van der Waals surface area contributed by atoms with Crippen molar-refractivity contribution in [2.75, 3.05) is 6.54 Å². The standard InChI is InChI=1S/C22H23F3N2O2/c23-22(24,25)18-8-4-7-17(14-18)21(10-1-2-11-21)20(29)27-12-9-15-5-3-6-16(13-15)19(26)28/h3-8,13-14H,1-2,9-12H2,(H2,26,28)(H,27,29). The first-order valence-electron chi connectivity index (χ1n) is 9.57. The first-order chi connectivity index (χ1) is 13.7. The second-order valence-corrected chi connectivity index (χ2v) is 7.44. The SMILES string of the molecule is NC(=O)c1cccc(CCNC(=O)C2(c3cccc(C(F)(F)F)c3)CCCC2)c1. The molecule has 0 heterocycles. The Hall–Kier alpha value is -2.83. The quantitative estimate of drug-likeness (QED) is 0.765. The monoisotopic (exact) mass is 404 g/mol. The lowest BCUT2D eigenvalue weighted by molar-refractivity contribution is -0.138. The second kappa shape index (κ2) is 8.27. The molecular weight excluding hydrogens is 381 g/mol. The van der Waals surface area contributed by atoms with Gasteiger partial charge in [-0.15, -0.1) is 0 Å². The topological polar surface area (TPSA) is 72.2 Å². The number of hydrogen-bond donors (Lipinski definition) is 2. The van der Waals surface area contributed by atoms with Gasteiger partial charge in [-0.1, -0.05) is 43.2 Å². The predicted molar refractivity (Wildman–Crippen MR) is 103 cm³/mol. The van der Waals surface area contributed by atoms with E-state index in [4.69, 9.17) is 5.73 Å². The summed E-state index contributed by atoms with van der Waals surface area (Å²) >= 11 is 0. The van der Waals surface area contributed by atoms with Crippen molar-refractivity contribution in [2.45, 2.75) is 43.7 Å². The molecule has 4 nitrogen and oxygen atoms in total. The Labute approximate surface area is 167 Å². The van der Waals surface area contributed by atoms with Gasteiger partial charge in [0.25, 0.3) is 0 Å². The van der Waals surface area contributed by atoms with E-state index in [-0.39, 0.29) is 5.91 Å². The predicted octanol–water partition coefficient (Wildman–Crippen LogP) is 3.98. The molecular formula is C22H23F3N2O2. The van der Waals surface area contributed by atoms with Gasteiger partial charge in [0.2, 0.25) is 11.8 Å². The van der Waals surface area contributed by atoms with E-state index in [1.807, 2.05) is 6.07 Å². The van der Waals surface area contributed by atoms with Gasteiger partial charge in [0.1, 0.15) is 0 Å². The Morgan fingerprint density at radius 2 is 1.72 bits per heavy atom. The molecule has 3 rings (SSSR count). The van der Waals surface area contributed by atoms with Gasteiger partial charge in [0.05, 0.1) is 11.0 Å². The van der Waals surface area contributed by atoms with Gasteiger partial charge in [0.15, 0.2) is 0 Å². The van der Waals surface area contributed by atoms with Crippen LogP contribution >= 0.6 is 0 Å². The molecule has 154 valence electrons. The molecule has 0 unspecified atom stereocenters. The van der Waals surface area contributed by atoms with Crippen LogP contribution in [0, 0.1) is 0 Å². The molecule has 0 spiro atoms. The number of primary amides is 1. The van der Waals surface area contributed by atoms with Gasteiger partial charge < -0.3 is 11.1 Å². The smallest absolute Gasteiger partial charge is 0.366 e. The Kier molecular flexibility index (Phi) is 5.96. The maximum atomic E-state index is 13.1. The number of carbonyl (C=O) groups is 2. The third kappa shape index (κ3) is 4.60. The summed E-state index contributed by atoms with van der Waals surface area (Å²) in [5.74, 6) is -0.772. The van der Waals surface area contributed by atoms with Gasteiger partial charge in [-0.2, -0.15) is 13.2 Å². The van der Waals surface area contributed by atoms with Crippen LogP contribution in [0.2, 0.25) is 0 Å². The Bertz CT molecular complexity index is 903. The second-order valence-electron chi connectivity index (χ2n) is 7.44. The summed E-state index contributed by atoms with van der Waals surface area (Å²) in [5.41, 5.74) is 5.26. The average molecular weight is 404 g/mol. The lowest BCUT2D eigenvalue weighted by Crippen LogP contribution is -2.43. The number of nitrogens with one attached hydrogen (secondary N) is 1. The molecule has 7 heteroatoms. The molecule has 0 bridgehead atoms. The molecule has 0 saturated heterocycles. The van der Waals surface area contributed by atoms with Crippen LogP contribution in [0.25, 0.3) is 0 Å². The zero-order valence-corrected chi connectivity index (χ0v) is 15.9. The first kappa shape index (κ1) is 20.9. The number of rotatable bonds is 6. The van der Waals surface area contributed by atoms with Crippen molar-refractivity contribution in [3.05, 3.63) is 70.8 Å².